The van der Waals surface area contributed by atoms with Crippen molar-refractivity contribution in [3.05, 3.63) is 72.1 Å². The molecule has 1 aromatic heterocycles. The summed E-state index contributed by atoms with van der Waals surface area (Å²) in [5, 5.41) is 3.15. The second-order valence-electron chi connectivity index (χ2n) is 8.17. The van der Waals surface area contributed by atoms with Crippen LogP contribution in [0.25, 0.3) is 17.1 Å². The number of hydrogen-bond donors (Lipinski definition) is 1. The number of imidazole rings is 1. The molecule has 0 bridgehead atoms. The molecule has 1 aliphatic carbocycles. The molecule has 1 fully saturated rings. The highest BCUT2D eigenvalue weighted by molar-refractivity contribution is 5.78. The molecule has 4 heteroatoms. The number of allylic oxidation sites excluding steroid dienone is 1. The van der Waals surface area contributed by atoms with Crippen LogP contribution >= 0.6 is 0 Å². The third-order valence-electron chi connectivity index (χ3n) is 5.98. The van der Waals surface area contributed by atoms with Crippen LogP contribution in [0.1, 0.15) is 49.9 Å². The highest BCUT2D eigenvalue weighted by Gasteiger charge is 2.20. The molecule has 1 heterocycles. The van der Waals surface area contributed by atoms with E-state index in [0.29, 0.717) is 0 Å². The minimum absolute atomic E-state index is 0.228. The summed E-state index contributed by atoms with van der Waals surface area (Å²) in [6.45, 7) is 1.51. The number of benzene rings is 2. The van der Waals surface area contributed by atoms with Gasteiger partial charge in [-0.1, -0.05) is 73.9 Å². The Morgan fingerprint density at radius 3 is 2.63 bits per heavy atom. The summed E-state index contributed by atoms with van der Waals surface area (Å²) in [7, 11) is 0. The molecule has 1 saturated carbocycles. The van der Waals surface area contributed by atoms with Crippen molar-refractivity contribution in [2.24, 2.45) is 5.92 Å². The van der Waals surface area contributed by atoms with Crippen molar-refractivity contribution in [1.82, 2.24) is 14.9 Å². The van der Waals surface area contributed by atoms with E-state index in [1.54, 1.807) is 0 Å². The zero-order chi connectivity index (χ0) is 20.6. The zero-order valence-corrected chi connectivity index (χ0v) is 17.6. The second kappa shape index (κ2) is 10.2. The average molecular weight is 402 g/mol. The van der Waals surface area contributed by atoms with Gasteiger partial charge in [-0.25, -0.2) is 4.98 Å². The fourth-order valence-electron chi connectivity index (χ4n) is 4.35. The molecule has 0 spiro atoms. The van der Waals surface area contributed by atoms with Crippen molar-refractivity contribution in [3.63, 3.8) is 0 Å². The largest absolute Gasteiger partial charge is 0.356 e. The van der Waals surface area contributed by atoms with Gasteiger partial charge in [0.2, 0.25) is 5.91 Å². The molecule has 3 aromatic rings. The predicted molar refractivity (Wildman–Crippen MR) is 123 cm³/mol. The molecule has 0 radical (unpaired) electrons. The van der Waals surface area contributed by atoms with Crippen LogP contribution in [0, 0.1) is 5.92 Å². The number of aromatic nitrogens is 2. The van der Waals surface area contributed by atoms with Crippen molar-refractivity contribution in [2.75, 3.05) is 6.54 Å². The molecule has 30 heavy (non-hydrogen) atoms. The summed E-state index contributed by atoms with van der Waals surface area (Å²) >= 11 is 0. The number of fused-ring (bicyclic) bond motifs is 1. The van der Waals surface area contributed by atoms with Crippen LogP contribution in [0.2, 0.25) is 0 Å². The topological polar surface area (TPSA) is 46.9 Å². The lowest BCUT2D eigenvalue weighted by Crippen LogP contribution is -2.32. The van der Waals surface area contributed by atoms with Gasteiger partial charge < -0.3 is 9.88 Å². The number of carbonyl (C=O) groups is 1. The van der Waals surface area contributed by atoms with E-state index in [-0.39, 0.29) is 11.8 Å². The molecule has 1 amide bonds. The summed E-state index contributed by atoms with van der Waals surface area (Å²) in [5.74, 6) is 1.56. The van der Waals surface area contributed by atoms with Gasteiger partial charge in [0.1, 0.15) is 5.82 Å². The van der Waals surface area contributed by atoms with Crippen molar-refractivity contribution in [3.8, 4) is 0 Å². The lowest BCUT2D eigenvalue weighted by atomic mass is 9.89. The first-order valence-corrected chi connectivity index (χ1v) is 11.2. The number of amides is 1. The van der Waals surface area contributed by atoms with Crippen molar-refractivity contribution < 1.29 is 4.79 Å². The van der Waals surface area contributed by atoms with Gasteiger partial charge in [-0.2, -0.15) is 0 Å². The van der Waals surface area contributed by atoms with E-state index < -0.39 is 0 Å². The minimum atomic E-state index is 0.228. The highest BCUT2D eigenvalue weighted by atomic mass is 16.1. The molecule has 156 valence electrons. The second-order valence-corrected chi connectivity index (χ2v) is 8.17. The summed E-state index contributed by atoms with van der Waals surface area (Å²) < 4.78 is 2.29. The van der Waals surface area contributed by atoms with E-state index in [0.717, 1.165) is 55.6 Å². The Bertz CT molecular complexity index is 984. The highest BCUT2D eigenvalue weighted by Crippen LogP contribution is 2.23. The number of hydrogen-bond acceptors (Lipinski definition) is 2. The fourth-order valence-corrected chi connectivity index (χ4v) is 4.35. The van der Waals surface area contributed by atoms with Gasteiger partial charge in [0.25, 0.3) is 0 Å². The van der Waals surface area contributed by atoms with Crippen molar-refractivity contribution >= 4 is 23.0 Å². The smallest absolute Gasteiger partial charge is 0.223 e. The Morgan fingerprint density at radius 2 is 1.80 bits per heavy atom. The van der Waals surface area contributed by atoms with Gasteiger partial charge >= 0.3 is 0 Å². The summed E-state index contributed by atoms with van der Waals surface area (Å²) in [6, 6.07) is 18.7. The number of rotatable bonds is 8. The SMILES string of the molecule is O=C(NCCCc1nc2ccccc2n1C/C=C/c1ccccc1)C1CCCCC1. The summed E-state index contributed by atoms with van der Waals surface area (Å²) in [4.78, 5) is 17.2. The van der Waals surface area contributed by atoms with Crippen molar-refractivity contribution in [1.29, 1.82) is 0 Å². The lowest BCUT2D eigenvalue weighted by Gasteiger charge is -2.20. The number of nitrogens with one attached hydrogen (secondary N) is 1. The van der Waals surface area contributed by atoms with Gasteiger partial charge in [-0.3, -0.25) is 4.79 Å². The van der Waals surface area contributed by atoms with Crippen LogP contribution in [0.5, 0.6) is 0 Å². The minimum Gasteiger partial charge on any atom is -0.356 e. The first-order valence-electron chi connectivity index (χ1n) is 11.2. The van der Waals surface area contributed by atoms with Crippen LogP contribution < -0.4 is 5.32 Å². The van der Waals surface area contributed by atoms with Gasteiger partial charge in [-0.05, 0) is 37.0 Å². The van der Waals surface area contributed by atoms with E-state index in [1.165, 1.54) is 24.8 Å². The maximum atomic E-state index is 12.4. The summed E-state index contributed by atoms with van der Waals surface area (Å²) in [6.07, 6.45) is 11.9. The van der Waals surface area contributed by atoms with E-state index in [4.69, 9.17) is 4.98 Å². The molecular weight excluding hydrogens is 370 g/mol. The lowest BCUT2D eigenvalue weighted by molar-refractivity contribution is -0.125. The predicted octanol–water partition coefficient (Wildman–Crippen LogP) is 5.38. The maximum Gasteiger partial charge on any atom is 0.223 e. The van der Waals surface area contributed by atoms with Crippen LogP contribution in [0.15, 0.2) is 60.7 Å². The number of para-hydroxylation sites is 2. The Hall–Kier alpha value is -2.88. The third-order valence-corrected chi connectivity index (χ3v) is 5.98. The maximum absolute atomic E-state index is 12.4. The molecule has 0 atom stereocenters. The quantitative estimate of drug-likeness (QED) is 0.515. The van der Waals surface area contributed by atoms with Crippen LogP contribution in [0.4, 0.5) is 0 Å². The van der Waals surface area contributed by atoms with Gasteiger partial charge in [0.15, 0.2) is 0 Å². The third kappa shape index (κ3) is 5.18. The van der Waals surface area contributed by atoms with Gasteiger partial charge in [-0.15, -0.1) is 0 Å². The van der Waals surface area contributed by atoms with Crippen LogP contribution in [0.3, 0.4) is 0 Å². The molecule has 1 aliphatic rings. The Labute approximate surface area is 179 Å². The molecule has 4 rings (SSSR count). The van der Waals surface area contributed by atoms with E-state index >= 15 is 0 Å². The molecule has 0 saturated heterocycles. The van der Waals surface area contributed by atoms with E-state index in [1.807, 2.05) is 12.1 Å². The summed E-state index contributed by atoms with van der Waals surface area (Å²) in [5.41, 5.74) is 3.40. The molecular formula is C26H31N3O. The van der Waals surface area contributed by atoms with E-state index in [9.17, 15) is 4.79 Å². The van der Waals surface area contributed by atoms with E-state index in [2.05, 4.69) is 64.5 Å². The fraction of sp³-hybridized carbons (Fsp3) is 0.385. The van der Waals surface area contributed by atoms with Gasteiger partial charge in [0, 0.05) is 25.4 Å². The Balaban J connectivity index is 1.37. The molecule has 0 unspecified atom stereocenters. The molecule has 4 nitrogen and oxygen atoms in total. The molecule has 1 N–H and O–H groups in total. The Morgan fingerprint density at radius 1 is 1.03 bits per heavy atom. The van der Waals surface area contributed by atoms with Crippen molar-refractivity contribution in [2.45, 2.75) is 51.5 Å². The van der Waals surface area contributed by atoms with Crippen LogP contribution in [-0.4, -0.2) is 22.0 Å². The Kier molecular flexibility index (Phi) is 6.96. The zero-order valence-electron chi connectivity index (χ0n) is 17.6. The monoisotopic (exact) mass is 401 g/mol. The van der Waals surface area contributed by atoms with Gasteiger partial charge in [0.05, 0.1) is 11.0 Å². The number of carbonyl (C=O) groups excluding carboxylic acids is 1. The number of aryl methyl sites for hydroxylation is 1. The first-order chi connectivity index (χ1) is 14.8. The molecule has 2 aromatic carbocycles. The standard InChI is InChI=1S/C26H31N3O/c30-26(22-14-5-2-6-15-22)27-19-9-18-25-28-23-16-7-8-17-24(23)29(25)20-10-13-21-11-3-1-4-12-21/h1,3-4,7-8,10-13,16-17,22H,2,5-6,9,14-15,18-20H2,(H,27,30)/b13-10+. The number of nitrogens with zero attached hydrogens (tertiary/aromatic N) is 2. The normalized spacial score (nSPS) is 15.1. The molecule has 0 aliphatic heterocycles. The van der Waals surface area contributed by atoms with Crippen LogP contribution in [-0.2, 0) is 17.8 Å². The average Bonchev–Trinajstić information content (AvgIpc) is 3.15. The first kappa shape index (κ1) is 20.4.